The summed E-state index contributed by atoms with van der Waals surface area (Å²) in [5.74, 6) is 0. The van der Waals surface area contributed by atoms with Gasteiger partial charge < -0.3 is 4.52 Å². The lowest BCUT2D eigenvalue weighted by atomic mass is 10.1. The average molecular weight is 232 g/mol. The first-order valence-corrected chi connectivity index (χ1v) is 7.15. The molecule has 1 aliphatic rings. The molecular weight excluding hydrogens is 211 g/mol. The van der Waals surface area contributed by atoms with Crippen molar-refractivity contribution < 1.29 is 13.6 Å². The van der Waals surface area contributed by atoms with E-state index in [4.69, 9.17) is 9.05 Å². The van der Waals surface area contributed by atoms with E-state index < -0.39 is 13.2 Å². The Hall–Kier alpha value is -0.110. The van der Waals surface area contributed by atoms with E-state index in [0.717, 1.165) is 24.6 Å². The topological polar surface area (TPSA) is 35.5 Å². The molecule has 0 radical (unpaired) electrons. The van der Waals surface area contributed by atoms with E-state index in [9.17, 15) is 4.57 Å². The van der Waals surface area contributed by atoms with Crippen LogP contribution in [0, 0.1) is 0 Å². The van der Waals surface area contributed by atoms with Crippen LogP contribution >= 0.6 is 7.60 Å². The van der Waals surface area contributed by atoms with Crippen molar-refractivity contribution in [2.75, 3.05) is 6.61 Å². The van der Waals surface area contributed by atoms with Crippen LogP contribution in [0.1, 0.15) is 47.0 Å². The third kappa shape index (κ3) is 3.17. The molecule has 0 aliphatic carbocycles. The van der Waals surface area contributed by atoms with Crippen LogP contribution in [0.5, 0.6) is 0 Å². The summed E-state index contributed by atoms with van der Waals surface area (Å²) >= 11 is 0. The predicted molar refractivity (Wildman–Crippen MR) is 62.0 cm³/mol. The Bertz CT molecular complexity index is 294. The quantitative estimate of drug-likeness (QED) is 0.669. The zero-order valence-electron chi connectivity index (χ0n) is 10.1. The molecule has 0 N–H and O–H groups in total. The lowest BCUT2D eigenvalue weighted by molar-refractivity contribution is 0.136. The number of unbranched alkanes of at least 4 members (excludes halogenated alkanes) is 1. The zero-order chi connectivity index (χ0) is 11.5. The fraction of sp³-hybridized carbons (Fsp3) is 0.818. The number of hydrogen-bond acceptors (Lipinski definition) is 3. The fourth-order valence-corrected chi connectivity index (χ4v) is 3.97. The minimum Gasteiger partial charge on any atom is -0.306 e. The number of hydrogen-bond donors (Lipinski definition) is 0. The Labute approximate surface area is 92.4 Å². The number of rotatable bonds is 5. The van der Waals surface area contributed by atoms with E-state index in [1.807, 2.05) is 26.8 Å². The molecule has 0 saturated carbocycles. The molecule has 0 amide bonds. The Morgan fingerprint density at radius 2 is 2.13 bits per heavy atom. The summed E-state index contributed by atoms with van der Waals surface area (Å²) in [6, 6.07) is 0. The summed E-state index contributed by atoms with van der Waals surface area (Å²) in [4.78, 5) is 0. The molecule has 0 saturated heterocycles. The lowest BCUT2D eigenvalue weighted by Crippen LogP contribution is -2.14. The van der Waals surface area contributed by atoms with Crippen molar-refractivity contribution in [1.82, 2.24) is 0 Å². The van der Waals surface area contributed by atoms with Crippen LogP contribution in [0.25, 0.3) is 0 Å². The van der Waals surface area contributed by atoms with Gasteiger partial charge in [0.15, 0.2) is 0 Å². The average Bonchev–Trinajstić information content (AvgIpc) is 2.33. The van der Waals surface area contributed by atoms with Gasteiger partial charge in [0.1, 0.15) is 0 Å². The molecular formula is C11H21O3P. The molecule has 1 atom stereocenters. The van der Waals surface area contributed by atoms with Crippen molar-refractivity contribution in [2.45, 2.75) is 52.6 Å². The second-order valence-electron chi connectivity index (χ2n) is 4.35. The van der Waals surface area contributed by atoms with E-state index in [0.29, 0.717) is 6.61 Å². The Kier molecular flexibility index (Phi) is 4.16. The molecule has 1 rings (SSSR count). The van der Waals surface area contributed by atoms with Crippen molar-refractivity contribution in [3.05, 3.63) is 11.4 Å². The third-order valence-corrected chi connectivity index (χ3v) is 4.67. The van der Waals surface area contributed by atoms with Crippen LogP contribution < -0.4 is 0 Å². The molecule has 3 nitrogen and oxygen atoms in total. The van der Waals surface area contributed by atoms with Gasteiger partial charge in [-0.2, -0.15) is 0 Å². The summed E-state index contributed by atoms with van der Waals surface area (Å²) < 4.78 is 23.2. The maximum Gasteiger partial charge on any atom is 0.357 e. The van der Waals surface area contributed by atoms with Gasteiger partial charge in [-0.05, 0) is 39.7 Å². The van der Waals surface area contributed by atoms with Crippen LogP contribution in [0.3, 0.4) is 0 Å². The highest BCUT2D eigenvalue weighted by Crippen LogP contribution is 2.64. The summed E-state index contributed by atoms with van der Waals surface area (Å²) in [5, 5.41) is 0.858. The summed E-state index contributed by atoms with van der Waals surface area (Å²) in [6.45, 7) is 8.21. The highest BCUT2D eigenvalue weighted by atomic mass is 31.2. The smallest absolute Gasteiger partial charge is 0.306 e. The van der Waals surface area contributed by atoms with Gasteiger partial charge in [-0.15, -0.1) is 0 Å². The Morgan fingerprint density at radius 1 is 1.47 bits per heavy atom. The maximum absolute atomic E-state index is 12.4. The van der Waals surface area contributed by atoms with Crippen molar-refractivity contribution in [1.29, 1.82) is 0 Å². The zero-order valence-corrected chi connectivity index (χ0v) is 11.0. The second-order valence-corrected chi connectivity index (χ2v) is 6.36. The van der Waals surface area contributed by atoms with Gasteiger partial charge in [-0.3, -0.25) is 9.09 Å². The van der Waals surface area contributed by atoms with Crippen LogP contribution in [0.15, 0.2) is 11.4 Å². The predicted octanol–water partition coefficient (Wildman–Crippen LogP) is 4.10. The summed E-state index contributed by atoms with van der Waals surface area (Å²) in [6.07, 6.45) is 4.89. The van der Waals surface area contributed by atoms with E-state index in [-0.39, 0.29) is 0 Å². The molecule has 0 spiro atoms. The number of allylic oxidation sites excluding steroid dienone is 1. The molecule has 0 aromatic rings. The van der Waals surface area contributed by atoms with Gasteiger partial charge in [0, 0.05) is 5.31 Å². The van der Waals surface area contributed by atoms with Gasteiger partial charge in [-0.1, -0.05) is 13.3 Å². The first-order valence-electron chi connectivity index (χ1n) is 5.61. The Balaban J connectivity index is 2.81. The molecule has 15 heavy (non-hydrogen) atoms. The van der Waals surface area contributed by atoms with E-state index in [2.05, 4.69) is 6.92 Å². The first kappa shape index (κ1) is 13.0. The summed E-state index contributed by atoms with van der Waals surface area (Å²) in [5.41, 5.74) is -0.451. The minimum absolute atomic E-state index is 0.427. The van der Waals surface area contributed by atoms with Crippen LogP contribution in [0.4, 0.5) is 0 Å². The molecule has 1 unspecified atom stereocenters. The van der Waals surface area contributed by atoms with Crippen LogP contribution in [-0.4, -0.2) is 12.2 Å². The van der Waals surface area contributed by atoms with Gasteiger partial charge in [0.25, 0.3) is 0 Å². The lowest BCUT2D eigenvalue weighted by Gasteiger charge is -2.19. The standard InChI is InChI=1S/C11H21O3P/c1-5-7-8-10-9-11(3,4)14-15(10,12)13-6-2/h9H,5-8H2,1-4H3. The first-order chi connectivity index (χ1) is 6.93. The Morgan fingerprint density at radius 3 is 2.67 bits per heavy atom. The minimum atomic E-state index is -2.97. The molecule has 1 aliphatic heterocycles. The van der Waals surface area contributed by atoms with Crippen molar-refractivity contribution in [2.24, 2.45) is 0 Å². The van der Waals surface area contributed by atoms with E-state index in [1.54, 1.807) is 0 Å². The van der Waals surface area contributed by atoms with Gasteiger partial charge >= 0.3 is 7.60 Å². The van der Waals surface area contributed by atoms with Gasteiger partial charge in [0.2, 0.25) is 0 Å². The molecule has 0 aromatic carbocycles. The fourth-order valence-electron chi connectivity index (χ4n) is 1.72. The SMILES string of the molecule is CCCCC1=CC(C)(C)OP1(=O)OCC. The van der Waals surface area contributed by atoms with Gasteiger partial charge in [-0.25, -0.2) is 0 Å². The molecule has 1 heterocycles. The summed E-state index contributed by atoms with van der Waals surface area (Å²) in [7, 11) is -2.97. The molecule has 0 bridgehead atoms. The van der Waals surface area contributed by atoms with Crippen LogP contribution in [0.2, 0.25) is 0 Å². The van der Waals surface area contributed by atoms with Crippen molar-refractivity contribution >= 4 is 7.60 Å². The largest absolute Gasteiger partial charge is 0.357 e. The van der Waals surface area contributed by atoms with E-state index >= 15 is 0 Å². The van der Waals surface area contributed by atoms with Crippen LogP contribution in [-0.2, 0) is 13.6 Å². The molecule has 4 heteroatoms. The normalized spacial score (nSPS) is 29.2. The maximum atomic E-state index is 12.4. The highest BCUT2D eigenvalue weighted by Gasteiger charge is 2.42. The molecule has 88 valence electrons. The van der Waals surface area contributed by atoms with Crippen molar-refractivity contribution in [3.63, 3.8) is 0 Å². The monoisotopic (exact) mass is 232 g/mol. The molecule has 0 fully saturated rings. The van der Waals surface area contributed by atoms with Gasteiger partial charge in [0.05, 0.1) is 12.2 Å². The third-order valence-electron chi connectivity index (χ3n) is 2.31. The highest BCUT2D eigenvalue weighted by molar-refractivity contribution is 7.58. The molecule has 0 aromatic heterocycles. The second kappa shape index (κ2) is 4.82. The van der Waals surface area contributed by atoms with Crippen molar-refractivity contribution in [3.8, 4) is 0 Å². The van der Waals surface area contributed by atoms with E-state index in [1.165, 1.54) is 0 Å².